The highest BCUT2D eigenvalue weighted by molar-refractivity contribution is 6.30. The van der Waals surface area contributed by atoms with Crippen molar-refractivity contribution in [2.45, 2.75) is 19.9 Å². The van der Waals surface area contributed by atoms with Crippen molar-refractivity contribution in [3.63, 3.8) is 0 Å². The molecule has 0 saturated carbocycles. The average Bonchev–Trinajstić information content (AvgIpc) is 3.04. The van der Waals surface area contributed by atoms with Gasteiger partial charge in [0.25, 0.3) is 5.91 Å². The number of nitrogens with one attached hydrogen (secondary N) is 1. The molecule has 1 aromatic heterocycles. The minimum absolute atomic E-state index is 0.0500. The van der Waals surface area contributed by atoms with Crippen molar-refractivity contribution in [1.82, 2.24) is 5.32 Å². The van der Waals surface area contributed by atoms with Gasteiger partial charge in [-0.1, -0.05) is 54.6 Å². The van der Waals surface area contributed by atoms with Gasteiger partial charge in [0.1, 0.15) is 5.76 Å². The van der Waals surface area contributed by atoms with Crippen molar-refractivity contribution >= 4 is 17.5 Å². The van der Waals surface area contributed by atoms with Crippen molar-refractivity contribution in [3.8, 4) is 0 Å². The summed E-state index contributed by atoms with van der Waals surface area (Å²) in [6.07, 6.45) is 0. The van der Waals surface area contributed by atoms with Crippen LogP contribution >= 0.6 is 0 Å². The molecule has 0 saturated heterocycles. The monoisotopic (exact) mass is 359 g/mol. The molecule has 134 valence electrons. The number of amides is 1. The summed E-state index contributed by atoms with van der Waals surface area (Å²) in [6.45, 7) is 3.45. The molecular formula is C22H17NO4. The van der Waals surface area contributed by atoms with Gasteiger partial charge >= 0.3 is 0 Å². The number of rotatable bonds is 3. The molecule has 5 nitrogen and oxygen atoms in total. The summed E-state index contributed by atoms with van der Waals surface area (Å²) in [6, 6.07) is 15.8. The molecule has 1 heterocycles. The molecule has 0 bridgehead atoms. The lowest BCUT2D eigenvalue weighted by molar-refractivity contribution is 0.0927. The van der Waals surface area contributed by atoms with E-state index in [0.717, 1.165) is 5.56 Å². The number of carbonyl (C=O) groups excluding carboxylic acids is 3. The van der Waals surface area contributed by atoms with Crippen LogP contribution in [0.3, 0.4) is 0 Å². The maximum Gasteiger partial charge on any atom is 0.256 e. The highest BCUT2D eigenvalue weighted by atomic mass is 16.4. The molecule has 0 aliphatic heterocycles. The zero-order chi connectivity index (χ0) is 19.1. The summed E-state index contributed by atoms with van der Waals surface area (Å²) in [4.78, 5) is 38.6. The summed E-state index contributed by atoms with van der Waals surface area (Å²) in [5, 5.41) is 2.89. The number of hydrogen-bond acceptors (Lipinski definition) is 4. The van der Waals surface area contributed by atoms with E-state index in [2.05, 4.69) is 5.32 Å². The van der Waals surface area contributed by atoms with Crippen molar-refractivity contribution in [2.24, 2.45) is 0 Å². The van der Waals surface area contributed by atoms with E-state index in [0.29, 0.717) is 11.1 Å². The van der Waals surface area contributed by atoms with E-state index in [1.807, 2.05) is 37.3 Å². The van der Waals surface area contributed by atoms with E-state index in [9.17, 15) is 14.4 Å². The van der Waals surface area contributed by atoms with Gasteiger partial charge in [0.05, 0.1) is 17.2 Å². The van der Waals surface area contributed by atoms with Gasteiger partial charge in [-0.2, -0.15) is 0 Å². The Morgan fingerprint density at radius 1 is 0.926 bits per heavy atom. The highest BCUT2D eigenvalue weighted by Crippen LogP contribution is 2.33. The third-order valence-electron chi connectivity index (χ3n) is 4.81. The first-order valence-corrected chi connectivity index (χ1v) is 8.66. The van der Waals surface area contributed by atoms with Crippen molar-refractivity contribution < 1.29 is 18.8 Å². The Morgan fingerprint density at radius 3 is 2.19 bits per heavy atom. The molecule has 0 radical (unpaired) electrons. The van der Waals surface area contributed by atoms with Gasteiger partial charge < -0.3 is 9.73 Å². The molecule has 0 unspecified atom stereocenters. The lowest BCUT2D eigenvalue weighted by atomic mass is 9.86. The van der Waals surface area contributed by atoms with Gasteiger partial charge in [0, 0.05) is 11.1 Å². The number of ketones is 2. The lowest BCUT2D eigenvalue weighted by Gasteiger charge is -2.16. The fourth-order valence-corrected chi connectivity index (χ4v) is 3.42. The minimum atomic E-state index is -0.436. The molecule has 1 aliphatic rings. The smallest absolute Gasteiger partial charge is 0.256 e. The fourth-order valence-electron chi connectivity index (χ4n) is 3.42. The standard InChI is InChI=1S/C22H17NO4/c1-12(14-8-4-3-5-9-14)23-22(26)17-13(2)27-21-18(17)19(24)15-10-6-7-11-16(15)20(21)25/h3-12H,1-2H3,(H,23,26)/t12-/m1/s1. The van der Waals surface area contributed by atoms with Gasteiger partial charge in [-0.3, -0.25) is 14.4 Å². The lowest BCUT2D eigenvalue weighted by Crippen LogP contribution is -2.29. The van der Waals surface area contributed by atoms with Crippen LogP contribution in [0, 0.1) is 6.92 Å². The molecule has 3 aromatic rings. The second-order valence-electron chi connectivity index (χ2n) is 6.55. The van der Waals surface area contributed by atoms with Gasteiger partial charge in [0.15, 0.2) is 11.5 Å². The third kappa shape index (κ3) is 2.68. The molecule has 5 heteroatoms. The Kier molecular flexibility index (Phi) is 4.00. The minimum Gasteiger partial charge on any atom is -0.456 e. The van der Waals surface area contributed by atoms with Crippen LogP contribution in [0.15, 0.2) is 59.0 Å². The number of furan rings is 1. The van der Waals surface area contributed by atoms with Crippen LogP contribution in [0.4, 0.5) is 0 Å². The van der Waals surface area contributed by atoms with Gasteiger partial charge in [-0.25, -0.2) is 0 Å². The number of aryl methyl sites for hydroxylation is 1. The highest BCUT2D eigenvalue weighted by Gasteiger charge is 2.38. The van der Waals surface area contributed by atoms with E-state index in [1.165, 1.54) is 0 Å². The number of benzene rings is 2. The fraction of sp³-hybridized carbons (Fsp3) is 0.136. The second-order valence-corrected chi connectivity index (χ2v) is 6.55. The molecule has 1 amide bonds. The maximum absolute atomic E-state index is 13.0. The van der Waals surface area contributed by atoms with E-state index >= 15 is 0 Å². The predicted molar refractivity (Wildman–Crippen MR) is 99.1 cm³/mol. The summed E-state index contributed by atoms with van der Waals surface area (Å²) in [7, 11) is 0. The Hall–Kier alpha value is -3.47. The normalized spacial score (nSPS) is 13.7. The van der Waals surface area contributed by atoms with E-state index in [4.69, 9.17) is 4.42 Å². The maximum atomic E-state index is 13.0. The second kappa shape index (κ2) is 6.36. The Bertz CT molecular complexity index is 1080. The molecule has 1 atom stereocenters. The van der Waals surface area contributed by atoms with Crippen LogP contribution in [0.1, 0.15) is 66.7 Å². The largest absolute Gasteiger partial charge is 0.456 e. The predicted octanol–water partition coefficient (Wildman–Crippen LogP) is 3.85. The van der Waals surface area contributed by atoms with Crippen LogP contribution in [0.25, 0.3) is 0 Å². The molecule has 2 aromatic carbocycles. The molecular weight excluding hydrogens is 342 g/mol. The molecule has 1 N–H and O–H groups in total. The van der Waals surface area contributed by atoms with E-state index < -0.39 is 5.91 Å². The first-order valence-electron chi connectivity index (χ1n) is 8.66. The number of fused-ring (bicyclic) bond motifs is 2. The summed E-state index contributed by atoms with van der Waals surface area (Å²) < 4.78 is 5.55. The number of hydrogen-bond donors (Lipinski definition) is 1. The quantitative estimate of drug-likeness (QED) is 0.603. The zero-order valence-electron chi connectivity index (χ0n) is 14.9. The molecule has 0 spiro atoms. The summed E-state index contributed by atoms with van der Waals surface area (Å²) >= 11 is 0. The van der Waals surface area contributed by atoms with Crippen LogP contribution in [0.2, 0.25) is 0 Å². The zero-order valence-corrected chi connectivity index (χ0v) is 14.9. The van der Waals surface area contributed by atoms with E-state index in [-0.39, 0.29) is 40.3 Å². The van der Waals surface area contributed by atoms with Crippen molar-refractivity contribution in [3.05, 3.63) is 93.9 Å². The Labute approximate surface area is 156 Å². The third-order valence-corrected chi connectivity index (χ3v) is 4.81. The van der Waals surface area contributed by atoms with Crippen molar-refractivity contribution in [2.75, 3.05) is 0 Å². The van der Waals surface area contributed by atoms with Crippen LogP contribution in [0.5, 0.6) is 0 Å². The van der Waals surface area contributed by atoms with Gasteiger partial charge in [-0.05, 0) is 19.4 Å². The Morgan fingerprint density at radius 2 is 1.52 bits per heavy atom. The van der Waals surface area contributed by atoms with Crippen molar-refractivity contribution in [1.29, 1.82) is 0 Å². The topological polar surface area (TPSA) is 76.4 Å². The number of carbonyl (C=O) groups is 3. The summed E-state index contributed by atoms with van der Waals surface area (Å²) in [5.74, 6) is -0.983. The molecule has 27 heavy (non-hydrogen) atoms. The van der Waals surface area contributed by atoms with Crippen LogP contribution < -0.4 is 5.32 Å². The molecule has 1 aliphatic carbocycles. The Balaban J connectivity index is 1.73. The summed E-state index contributed by atoms with van der Waals surface area (Å²) in [5.41, 5.74) is 1.71. The molecule has 0 fully saturated rings. The molecule has 4 rings (SSSR count). The van der Waals surface area contributed by atoms with Crippen LogP contribution in [-0.4, -0.2) is 17.5 Å². The average molecular weight is 359 g/mol. The first kappa shape index (κ1) is 17.0. The SMILES string of the molecule is Cc1oc2c(c1C(=O)N[C@H](C)c1ccccc1)C(=O)c1ccccc1C2=O. The van der Waals surface area contributed by atoms with Crippen LogP contribution in [-0.2, 0) is 0 Å². The van der Waals surface area contributed by atoms with E-state index in [1.54, 1.807) is 31.2 Å². The first-order chi connectivity index (χ1) is 13.0. The van der Waals surface area contributed by atoms with Gasteiger partial charge in [-0.15, -0.1) is 0 Å². The van der Waals surface area contributed by atoms with Gasteiger partial charge in [0.2, 0.25) is 5.78 Å².